The molecule has 3 fully saturated rings. The fraction of sp³-hybridized carbons (Fsp3) is 0.926. The van der Waals surface area contributed by atoms with Crippen molar-refractivity contribution in [1.29, 1.82) is 0 Å². The highest BCUT2D eigenvalue weighted by atomic mass is 32.3. The quantitative estimate of drug-likeness (QED) is 0.334. The zero-order valence-corrected chi connectivity index (χ0v) is 22.1. The summed E-state index contributed by atoms with van der Waals surface area (Å²) < 4.78 is 36.5. The van der Waals surface area contributed by atoms with Crippen LogP contribution in [0.4, 0.5) is 0 Å². The normalized spacial score (nSPS) is 42.8. The first-order valence-electron chi connectivity index (χ1n) is 13.4. The Hall–Kier alpha value is -0.430. The summed E-state index contributed by atoms with van der Waals surface area (Å²) in [6.45, 7) is 11.6. The van der Waals surface area contributed by atoms with Gasteiger partial charge in [0.1, 0.15) is 0 Å². The smallest absolute Gasteiger partial charge is 0.393 e. The van der Waals surface area contributed by atoms with Crippen molar-refractivity contribution in [1.82, 2.24) is 0 Å². The highest BCUT2D eigenvalue weighted by Gasteiger charge is 2.59. The zero-order chi connectivity index (χ0) is 24.2. The predicted molar refractivity (Wildman–Crippen MR) is 131 cm³/mol. The lowest BCUT2D eigenvalue weighted by Gasteiger charge is -2.58. The fourth-order valence-electron chi connectivity index (χ4n) is 8.83. The second kappa shape index (κ2) is 9.22. The molecule has 3 saturated carbocycles. The Bertz CT molecular complexity index is 851. The van der Waals surface area contributed by atoms with Gasteiger partial charge in [0, 0.05) is 0 Å². The van der Waals surface area contributed by atoms with Crippen molar-refractivity contribution in [2.24, 2.45) is 46.3 Å². The molecule has 190 valence electrons. The molecule has 0 amide bonds. The zero-order valence-electron chi connectivity index (χ0n) is 21.3. The van der Waals surface area contributed by atoms with Gasteiger partial charge in [0.2, 0.25) is 0 Å². The second-order valence-corrected chi connectivity index (χ2v) is 13.8. The van der Waals surface area contributed by atoms with E-state index < -0.39 is 16.5 Å². The number of hydrogen-bond acceptors (Lipinski definition) is 4. The number of rotatable bonds is 7. The summed E-state index contributed by atoms with van der Waals surface area (Å²) in [5, 5.41) is 10.3. The van der Waals surface area contributed by atoms with Crippen LogP contribution in [0.15, 0.2) is 11.6 Å². The SMILES string of the molecule is CC(C)C(O)CC[C@@H](C)C1CCC2C3CC=C4C[C@@H](OS(=O)(=O)O)CCC4(C)C3CC[C@@]21C. The van der Waals surface area contributed by atoms with Crippen LogP contribution in [0.25, 0.3) is 0 Å². The van der Waals surface area contributed by atoms with E-state index in [-0.39, 0.29) is 11.5 Å². The first-order valence-corrected chi connectivity index (χ1v) is 14.7. The molecular weight excluding hydrogens is 436 g/mol. The molecule has 0 aliphatic heterocycles. The molecule has 4 aliphatic rings. The Morgan fingerprint density at radius 1 is 1.06 bits per heavy atom. The van der Waals surface area contributed by atoms with Crippen LogP contribution >= 0.6 is 0 Å². The van der Waals surface area contributed by atoms with E-state index >= 15 is 0 Å². The van der Waals surface area contributed by atoms with E-state index in [4.69, 9.17) is 8.74 Å². The lowest BCUT2D eigenvalue weighted by molar-refractivity contribution is -0.0567. The molecule has 0 aromatic heterocycles. The van der Waals surface area contributed by atoms with Gasteiger partial charge < -0.3 is 5.11 Å². The molecule has 0 radical (unpaired) electrons. The third kappa shape index (κ3) is 4.83. The van der Waals surface area contributed by atoms with Crippen molar-refractivity contribution < 1.29 is 22.3 Å². The summed E-state index contributed by atoms with van der Waals surface area (Å²) in [5.41, 5.74) is 1.89. The molecule has 9 atom stereocenters. The highest BCUT2D eigenvalue weighted by molar-refractivity contribution is 7.80. The van der Waals surface area contributed by atoms with E-state index in [1.807, 2.05) is 0 Å². The first kappa shape index (κ1) is 25.7. The molecule has 0 bridgehead atoms. The molecule has 5 nitrogen and oxygen atoms in total. The van der Waals surface area contributed by atoms with Gasteiger partial charge in [-0.15, -0.1) is 0 Å². The van der Waals surface area contributed by atoms with Gasteiger partial charge in [-0.3, -0.25) is 4.55 Å². The van der Waals surface area contributed by atoms with Gasteiger partial charge in [-0.1, -0.05) is 46.3 Å². The third-order valence-electron chi connectivity index (χ3n) is 10.8. The Kier molecular flexibility index (Phi) is 7.17. The minimum Gasteiger partial charge on any atom is -0.393 e. The maximum absolute atomic E-state index is 11.2. The van der Waals surface area contributed by atoms with Crippen molar-refractivity contribution in [3.05, 3.63) is 11.6 Å². The van der Waals surface area contributed by atoms with Gasteiger partial charge in [0.05, 0.1) is 12.2 Å². The first-order chi connectivity index (χ1) is 15.3. The van der Waals surface area contributed by atoms with Gasteiger partial charge in [-0.2, -0.15) is 8.42 Å². The molecule has 4 rings (SSSR count). The monoisotopic (exact) mass is 482 g/mol. The van der Waals surface area contributed by atoms with E-state index in [0.29, 0.717) is 36.0 Å². The van der Waals surface area contributed by atoms with Gasteiger partial charge in [-0.25, -0.2) is 4.18 Å². The lowest BCUT2D eigenvalue weighted by atomic mass is 9.47. The number of aliphatic hydroxyl groups excluding tert-OH is 1. The van der Waals surface area contributed by atoms with Crippen LogP contribution in [0.5, 0.6) is 0 Å². The Balaban J connectivity index is 1.47. The molecule has 0 aromatic rings. The summed E-state index contributed by atoms with van der Waals surface area (Å²) in [5.74, 6) is 3.89. The molecule has 6 unspecified atom stereocenters. The number of aliphatic hydroxyl groups is 1. The lowest BCUT2D eigenvalue weighted by Crippen LogP contribution is -2.51. The highest BCUT2D eigenvalue weighted by Crippen LogP contribution is 2.67. The van der Waals surface area contributed by atoms with E-state index in [2.05, 4.69) is 40.7 Å². The van der Waals surface area contributed by atoms with Crippen molar-refractivity contribution in [2.75, 3.05) is 0 Å². The average Bonchev–Trinajstić information content (AvgIpc) is 3.08. The van der Waals surface area contributed by atoms with Gasteiger partial charge in [0.15, 0.2) is 0 Å². The summed E-state index contributed by atoms with van der Waals surface area (Å²) in [7, 11) is -4.40. The van der Waals surface area contributed by atoms with Gasteiger partial charge in [-0.05, 0) is 111 Å². The molecule has 33 heavy (non-hydrogen) atoms. The van der Waals surface area contributed by atoms with Crippen molar-refractivity contribution in [2.45, 2.75) is 111 Å². The Labute approximate surface area is 201 Å². The average molecular weight is 483 g/mol. The topological polar surface area (TPSA) is 83.8 Å². The number of allylic oxidation sites excluding steroid dienone is 1. The van der Waals surface area contributed by atoms with Crippen molar-refractivity contribution in [3.63, 3.8) is 0 Å². The molecule has 0 heterocycles. The molecule has 2 N–H and O–H groups in total. The summed E-state index contributed by atoms with van der Waals surface area (Å²) >= 11 is 0. The van der Waals surface area contributed by atoms with Crippen LogP contribution in [0.2, 0.25) is 0 Å². The maximum atomic E-state index is 11.2. The molecule has 4 aliphatic carbocycles. The minimum atomic E-state index is -4.40. The van der Waals surface area contributed by atoms with Crippen molar-refractivity contribution in [3.8, 4) is 0 Å². The van der Waals surface area contributed by atoms with Crippen LogP contribution in [-0.2, 0) is 14.6 Å². The summed E-state index contributed by atoms with van der Waals surface area (Å²) in [6.07, 6.45) is 12.4. The number of fused-ring (bicyclic) bond motifs is 5. The summed E-state index contributed by atoms with van der Waals surface area (Å²) in [4.78, 5) is 0. The van der Waals surface area contributed by atoms with E-state index in [1.165, 1.54) is 31.3 Å². The van der Waals surface area contributed by atoms with Gasteiger partial charge >= 0.3 is 10.4 Å². The standard InChI is InChI=1S/C27H46O5S/c1-17(2)25(28)11-6-18(3)22-9-10-23-21-8-7-19-16-20(32-33(29,30)31)12-14-26(19,4)24(21)13-15-27(22,23)5/h7,17-18,20-25,28H,6,8-16H2,1-5H3,(H,29,30,31)/t18-,20+,21?,22?,23?,24?,25?,26?,27-/m1/s1. The Morgan fingerprint density at radius 3 is 2.45 bits per heavy atom. The maximum Gasteiger partial charge on any atom is 0.397 e. The molecule has 0 spiro atoms. The molecular formula is C27H46O5S. The van der Waals surface area contributed by atoms with E-state index in [9.17, 15) is 13.5 Å². The Morgan fingerprint density at radius 2 is 1.79 bits per heavy atom. The van der Waals surface area contributed by atoms with Crippen LogP contribution in [0.1, 0.15) is 98.8 Å². The molecule has 0 saturated heterocycles. The predicted octanol–water partition coefficient (Wildman–Crippen LogP) is 6.19. The van der Waals surface area contributed by atoms with Crippen LogP contribution < -0.4 is 0 Å². The third-order valence-corrected chi connectivity index (χ3v) is 11.3. The van der Waals surface area contributed by atoms with Crippen LogP contribution in [-0.4, -0.2) is 30.3 Å². The fourth-order valence-corrected chi connectivity index (χ4v) is 9.33. The molecule has 6 heteroatoms. The minimum absolute atomic E-state index is 0.133. The van der Waals surface area contributed by atoms with Crippen molar-refractivity contribution >= 4 is 10.4 Å². The number of hydrogen-bond donors (Lipinski definition) is 2. The van der Waals surface area contributed by atoms with Gasteiger partial charge in [0.25, 0.3) is 0 Å². The van der Waals surface area contributed by atoms with E-state index in [0.717, 1.165) is 43.4 Å². The summed E-state index contributed by atoms with van der Waals surface area (Å²) in [6, 6.07) is 0. The van der Waals surface area contributed by atoms with Crippen LogP contribution in [0.3, 0.4) is 0 Å². The largest absolute Gasteiger partial charge is 0.397 e. The van der Waals surface area contributed by atoms with Crippen LogP contribution in [0, 0.1) is 46.3 Å². The second-order valence-electron chi connectivity index (χ2n) is 12.7. The molecule has 0 aromatic carbocycles. The van der Waals surface area contributed by atoms with E-state index in [1.54, 1.807) is 0 Å².